The minimum Gasteiger partial charge on any atom is -0.490 e. The van der Waals surface area contributed by atoms with Gasteiger partial charge in [0.1, 0.15) is 11.3 Å². The molecule has 3 aromatic rings. The molecule has 2 heterocycles. The molecule has 31 heavy (non-hydrogen) atoms. The second kappa shape index (κ2) is 8.99. The smallest absolute Gasteiger partial charge is 0.240 e. The van der Waals surface area contributed by atoms with Gasteiger partial charge in [-0.2, -0.15) is 0 Å². The van der Waals surface area contributed by atoms with Crippen LogP contribution in [-0.2, 0) is 14.8 Å². The van der Waals surface area contributed by atoms with Crippen molar-refractivity contribution in [3.8, 4) is 11.5 Å². The lowest BCUT2D eigenvalue weighted by molar-refractivity contribution is -0.121. The lowest BCUT2D eigenvalue weighted by Gasteiger charge is -2.13. The summed E-state index contributed by atoms with van der Waals surface area (Å²) in [5, 5.41) is 3.79. The van der Waals surface area contributed by atoms with E-state index in [4.69, 9.17) is 13.9 Å². The average molecular weight is 445 g/mol. The summed E-state index contributed by atoms with van der Waals surface area (Å²) in [5.41, 5.74) is 0.751. The number of hydrogen-bond donors (Lipinski definition) is 2. The molecule has 1 atom stereocenters. The topological polar surface area (TPSA) is 107 Å². The number of furan rings is 1. The first-order valence-electron chi connectivity index (χ1n) is 10.1. The maximum Gasteiger partial charge on any atom is 0.240 e. The Hall–Kier alpha value is -3.04. The Morgan fingerprint density at radius 2 is 1.84 bits per heavy atom. The highest BCUT2D eigenvalue weighted by Gasteiger charge is 2.19. The average Bonchev–Trinajstić information content (AvgIpc) is 3.04. The van der Waals surface area contributed by atoms with Crippen LogP contribution in [0.5, 0.6) is 11.5 Å². The predicted octanol–water partition coefficient (Wildman–Crippen LogP) is 3.14. The van der Waals surface area contributed by atoms with Crippen LogP contribution in [0, 0.1) is 0 Å². The molecule has 1 unspecified atom stereocenters. The Balaban J connectivity index is 1.31. The third-order valence-corrected chi connectivity index (χ3v) is 6.38. The van der Waals surface area contributed by atoms with Gasteiger partial charge in [-0.1, -0.05) is 18.2 Å². The maximum atomic E-state index is 12.6. The number of amides is 1. The monoisotopic (exact) mass is 444 g/mol. The summed E-state index contributed by atoms with van der Waals surface area (Å²) in [6.07, 6.45) is 0.727. The Morgan fingerprint density at radius 1 is 1.06 bits per heavy atom. The van der Waals surface area contributed by atoms with E-state index in [9.17, 15) is 13.2 Å². The van der Waals surface area contributed by atoms with Crippen LogP contribution in [0.3, 0.4) is 0 Å². The molecule has 1 aliphatic rings. The van der Waals surface area contributed by atoms with Crippen molar-refractivity contribution < 1.29 is 27.1 Å². The molecule has 164 valence electrons. The van der Waals surface area contributed by atoms with Gasteiger partial charge in [0.2, 0.25) is 15.9 Å². The first-order valence-corrected chi connectivity index (χ1v) is 11.6. The van der Waals surface area contributed by atoms with E-state index in [1.54, 1.807) is 6.07 Å². The van der Waals surface area contributed by atoms with Crippen molar-refractivity contribution >= 4 is 26.9 Å². The second-order valence-electron chi connectivity index (χ2n) is 7.28. The van der Waals surface area contributed by atoms with Crippen LogP contribution >= 0.6 is 0 Å². The molecule has 1 amide bonds. The Morgan fingerprint density at radius 3 is 2.65 bits per heavy atom. The fourth-order valence-corrected chi connectivity index (χ4v) is 4.34. The zero-order valence-electron chi connectivity index (χ0n) is 17.1. The number of ether oxygens (including phenoxy) is 2. The number of benzene rings is 2. The van der Waals surface area contributed by atoms with Crippen LogP contribution in [-0.4, -0.2) is 34.1 Å². The van der Waals surface area contributed by atoms with Crippen LogP contribution < -0.4 is 19.5 Å². The lowest BCUT2D eigenvalue weighted by atomic mass is 10.2. The van der Waals surface area contributed by atoms with E-state index < -0.39 is 10.0 Å². The molecule has 0 bridgehead atoms. The van der Waals surface area contributed by atoms with Gasteiger partial charge in [-0.25, -0.2) is 13.1 Å². The molecule has 1 aliphatic heterocycles. The molecule has 2 N–H and O–H groups in total. The van der Waals surface area contributed by atoms with Crippen molar-refractivity contribution in [3.63, 3.8) is 0 Å². The third kappa shape index (κ3) is 5.00. The molecule has 0 radical (unpaired) electrons. The Bertz CT molecular complexity index is 1150. The summed E-state index contributed by atoms with van der Waals surface area (Å²) in [7, 11) is -3.78. The fourth-order valence-electron chi connectivity index (χ4n) is 3.29. The van der Waals surface area contributed by atoms with Crippen molar-refractivity contribution in [2.24, 2.45) is 0 Å². The molecule has 0 saturated carbocycles. The summed E-state index contributed by atoms with van der Waals surface area (Å²) in [6.45, 7) is 2.78. The molecule has 0 spiro atoms. The summed E-state index contributed by atoms with van der Waals surface area (Å²) in [4.78, 5) is 12.3. The standard InChI is InChI=1S/C22H24N2O6S/c1-15(20-13-16-5-2-3-6-18(16)30-20)24-22(25)9-10-23-31(26,27)17-7-8-19-21(14-17)29-12-4-11-28-19/h2-3,5-8,13-15,23H,4,9-12H2,1H3,(H,24,25). The van der Waals surface area contributed by atoms with Crippen LogP contribution in [0.4, 0.5) is 0 Å². The van der Waals surface area contributed by atoms with Crippen molar-refractivity contribution in [3.05, 3.63) is 54.3 Å². The van der Waals surface area contributed by atoms with Gasteiger partial charge in [-0.3, -0.25) is 4.79 Å². The normalized spacial score (nSPS) is 14.7. The molecule has 8 nitrogen and oxygen atoms in total. The number of nitrogens with one attached hydrogen (secondary N) is 2. The van der Waals surface area contributed by atoms with Crippen LogP contribution in [0.1, 0.15) is 31.6 Å². The van der Waals surface area contributed by atoms with Gasteiger partial charge in [-0.15, -0.1) is 0 Å². The van der Waals surface area contributed by atoms with Crippen LogP contribution in [0.25, 0.3) is 11.0 Å². The largest absolute Gasteiger partial charge is 0.490 e. The highest BCUT2D eigenvalue weighted by atomic mass is 32.2. The minimum absolute atomic E-state index is 0.00560. The van der Waals surface area contributed by atoms with Gasteiger partial charge in [-0.05, 0) is 31.2 Å². The third-order valence-electron chi connectivity index (χ3n) is 4.92. The van der Waals surface area contributed by atoms with E-state index in [1.807, 2.05) is 37.3 Å². The molecule has 2 aromatic carbocycles. The van der Waals surface area contributed by atoms with E-state index >= 15 is 0 Å². The summed E-state index contributed by atoms with van der Waals surface area (Å²) in [6, 6.07) is 13.6. The van der Waals surface area contributed by atoms with E-state index in [0.29, 0.717) is 30.5 Å². The van der Waals surface area contributed by atoms with Crippen molar-refractivity contribution in [2.45, 2.75) is 30.7 Å². The first-order chi connectivity index (χ1) is 14.9. The van der Waals surface area contributed by atoms with E-state index in [-0.39, 0.29) is 29.8 Å². The zero-order chi connectivity index (χ0) is 21.8. The highest BCUT2D eigenvalue weighted by molar-refractivity contribution is 7.89. The first kappa shape index (κ1) is 21.2. The number of carbonyl (C=O) groups excluding carboxylic acids is 1. The molecule has 0 saturated heterocycles. The van der Waals surface area contributed by atoms with Crippen molar-refractivity contribution in [1.82, 2.24) is 10.0 Å². The van der Waals surface area contributed by atoms with Crippen molar-refractivity contribution in [1.29, 1.82) is 0 Å². The molecular weight excluding hydrogens is 420 g/mol. The maximum absolute atomic E-state index is 12.6. The van der Waals surface area contributed by atoms with Crippen molar-refractivity contribution in [2.75, 3.05) is 19.8 Å². The number of carbonyl (C=O) groups is 1. The number of fused-ring (bicyclic) bond motifs is 2. The van der Waals surface area contributed by atoms with Crippen LogP contribution in [0.2, 0.25) is 0 Å². The van der Waals surface area contributed by atoms with Gasteiger partial charge in [0, 0.05) is 30.8 Å². The minimum atomic E-state index is -3.78. The van der Waals surface area contributed by atoms with E-state index in [1.165, 1.54) is 12.1 Å². The number of rotatable bonds is 7. The molecule has 0 fully saturated rings. The molecule has 9 heteroatoms. The SMILES string of the molecule is CC(NC(=O)CCNS(=O)(=O)c1ccc2c(c1)OCCCO2)c1cc2ccccc2o1. The Kier molecular flexibility index (Phi) is 6.15. The zero-order valence-corrected chi connectivity index (χ0v) is 17.9. The van der Waals surface area contributed by atoms with Gasteiger partial charge < -0.3 is 19.2 Å². The van der Waals surface area contributed by atoms with Crippen LogP contribution in [0.15, 0.2) is 57.8 Å². The molecule has 0 aliphatic carbocycles. The quantitative estimate of drug-likeness (QED) is 0.580. The molecule has 1 aromatic heterocycles. The summed E-state index contributed by atoms with van der Waals surface area (Å²) < 4.78 is 44.4. The van der Waals surface area contributed by atoms with E-state index in [2.05, 4.69) is 10.0 Å². The summed E-state index contributed by atoms with van der Waals surface area (Å²) >= 11 is 0. The Labute approximate surface area is 180 Å². The van der Waals surface area contributed by atoms with Gasteiger partial charge in [0.15, 0.2) is 11.5 Å². The number of hydrogen-bond acceptors (Lipinski definition) is 6. The fraction of sp³-hybridized carbons (Fsp3) is 0.318. The van der Waals surface area contributed by atoms with Gasteiger partial charge in [0.05, 0.1) is 24.2 Å². The summed E-state index contributed by atoms with van der Waals surface area (Å²) in [5.74, 6) is 1.28. The van der Waals surface area contributed by atoms with E-state index in [0.717, 1.165) is 17.4 Å². The highest BCUT2D eigenvalue weighted by Crippen LogP contribution is 2.31. The molecule has 4 rings (SSSR count). The van der Waals surface area contributed by atoms with Gasteiger partial charge in [0.25, 0.3) is 0 Å². The predicted molar refractivity (Wildman–Crippen MR) is 115 cm³/mol. The van der Waals surface area contributed by atoms with Gasteiger partial charge >= 0.3 is 0 Å². The molecular formula is C22H24N2O6S. The number of sulfonamides is 1. The second-order valence-corrected chi connectivity index (χ2v) is 9.05. The lowest BCUT2D eigenvalue weighted by Crippen LogP contribution is -2.32. The number of para-hydroxylation sites is 1.